The summed E-state index contributed by atoms with van der Waals surface area (Å²) in [4.78, 5) is 27.7. The van der Waals surface area contributed by atoms with Crippen LogP contribution in [0.15, 0.2) is 0 Å². The van der Waals surface area contributed by atoms with Gasteiger partial charge in [0.15, 0.2) is 12.6 Å². The number of nitrogens with zero attached hydrogens (tertiary/aromatic N) is 1. The molecule has 2 rings (SSSR count). The molecule has 2 aliphatic heterocycles. The summed E-state index contributed by atoms with van der Waals surface area (Å²) in [6.45, 7) is 4.03. The minimum Gasteiger partial charge on any atom is -0.462 e. The highest BCUT2D eigenvalue weighted by molar-refractivity contribution is 5.76. The molecule has 60 heavy (non-hydrogen) atoms. The fourth-order valence-electron chi connectivity index (χ4n) is 8.34. The smallest absolute Gasteiger partial charge is 0.306 e. The van der Waals surface area contributed by atoms with Crippen molar-refractivity contribution in [3.05, 3.63) is 0 Å². The molecule has 0 aliphatic carbocycles. The molecule has 2 heterocycles. The molecule has 0 bridgehead atoms. The molecule has 0 unspecified atom stereocenters. The molecule has 6 N–H and O–H groups in total. The maximum absolute atomic E-state index is 13.6. The van der Waals surface area contributed by atoms with Crippen molar-refractivity contribution in [2.75, 3.05) is 27.3 Å². The number of aliphatic hydroxyl groups is 6. The summed E-state index contributed by atoms with van der Waals surface area (Å²) in [6.07, 6.45) is 14.9. The van der Waals surface area contributed by atoms with Crippen molar-refractivity contribution in [2.24, 2.45) is 0 Å². The topological polar surface area (TPSA) is 205 Å². The summed E-state index contributed by atoms with van der Waals surface area (Å²) in [5.74, 6) is -0.348. The largest absolute Gasteiger partial charge is 0.462 e. The van der Waals surface area contributed by atoms with Crippen molar-refractivity contribution in [2.45, 2.75) is 255 Å². The molecule has 0 spiro atoms. The second-order valence-corrected chi connectivity index (χ2v) is 17.4. The van der Waals surface area contributed by atoms with Gasteiger partial charge in [-0.3, -0.25) is 9.59 Å². The predicted octanol–water partition coefficient (Wildman–Crippen LogP) is 6.21. The van der Waals surface area contributed by atoms with E-state index in [1.165, 1.54) is 96.2 Å². The van der Waals surface area contributed by atoms with Crippen LogP contribution >= 0.6 is 0 Å². The standard InChI is InChI=1S/C46H87NO13/c1-5-7-9-11-12-13-14-15-20-23-27-31-38(49)58-34(28-24-10-8-6-2)29-25-21-18-16-17-19-22-26-30-37(48)47(32-35-39(50)41(52)43(54)45(56-3)59-35)33-36-40(51)42(53)44(55)46(57-4)60-36/h34-36,39-46,50-55H,5-33H2,1-4H3/t34-,35-,36-,39-,40-,41+,42+,43-,44-,45+,46+/m1/s1. The highest BCUT2D eigenvalue weighted by Crippen LogP contribution is 2.26. The Bertz CT molecular complexity index is 1040. The summed E-state index contributed by atoms with van der Waals surface area (Å²) < 4.78 is 27.6. The SMILES string of the molecule is CCCCCCCCCCCCCC(=O)O[C@H](CCCCCC)CCCCCCCCCCC(=O)N(C[C@H]1O[C@H](OC)[C@H](O)[C@@H](O)[C@@H]1O)C[C@H]1O[C@H](OC)[C@H](O)[C@@H](O)[C@@H]1O. The number of methoxy groups -OCH3 is 2. The fraction of sp³-hybridized carbons (Fsp3) is 0.957. The molecule has 2 fully saturated rings. The Labute approximate surface area is 362 Å². The van der Waals surface area contributed by atoms with Gasteiger partial charge in [-0.15, -0.1) is 0 Å². The van der Waals surface area contributed by atoms with Crippen LogP contribution in [-0.4, -0.2) is 142 Å². The lowest BCUT2D eigenvalue weighted by Crippen LogP contribution is -2.63. The molecular formula is C46H87NO13. The molecule has 354 valence electrons. The molecule has 2 saturated heterocycles. The van der Waals surface area contributed by atoms with Crippen molar-refractivity contribution >= 4 is 11.9 Å². The van der Waals surface area contributed by atoms with E-state index in [4.69, 9.17) is 23.7 Å². The summed E-state index contributed by atoms with van der Waals surface area (Å²) in [5, 5.41) is 62.6. The monoisotopic (exact) mass is 862 g/mol. The van der Waals surface area contributed by atoms with E-state index in [1.54, 1.807) is 0 Å². The van der Waals surface area contributed by atoms with E-state index in [1.807, 2.05) is 0 Å². The zero-order valence-electron chi connectivity index (χ0n) is 37.8. The maximum Gasteiger partial charge on any atom is 0.306 e. The van der Waals surface area contributed by atoms with Gasteiger partial charge in [-0.25, -0.2) is 0 Å². The first-order chi connectivity index (χ1) is 29.0. The van der Waals surface area contributed by atoms with Crippen LogP contribution in [0.3, 0.4) is 0 Å². The number of carbonyl (C=O) groups excluding carboxylic acids is 2. The number of hydrogen-bond donors (Lipinski definition) is 6. The van der Waals surface area contributed by atoms with Crippen molar-refractivity contribution < 1.29 is 63.9 Å². The molecule has 0 aromatic heterocycles. The van der Waals surface area contributed by atoms with Gasteiger partial charge in [-0.1, -0.05) is 136 Å². The number of unbranched alkanes of at least 4 members (excludes halogenated alkanes) is 20. The van der Waals surface area contributed by atoms with Gasteiger partial charge in [-0.05, 0) is 38.5 Å². The molecular weight excluding hydrogens is 775 g/mol. The van der Waals surface area contributed by atoms with E-state index in [0.717, 1.165) is 77.0 Å². The molecule has 0 saturated carbocycles. The molecule has 2 aliphatic rings. The number of ether oxygens (including phenoxy) is 5. The Morgan fingerprint density at radius 2 is 0.833 bits per heavy atom. The number of rotatable bonds is 35. The van der Waals surface area contributed by atoms with Gasteiger partial charge in [0.05, 0.1) is 0 Å². The van der Waals surface area contributed by atoms with E-state index in [9.17, 15) is 40.2 Å². The van der Waals surface area contributed by atoms with Crippen LogP contribution in [0, 0.1) is 0 Å². The molecule has 0 aromatic carbocycles. The Morgan fingerprint density at radius 1 is 0.483 bits per heavy atom. The predicted molar refractivity (Wildman–Crippen MR) is 230 cm³/mol. The van der Waals surface area contributed by atoms with Gasteiger partial charge in [0, 0.05) is 40.2 Å². The zero-order chi connectivity index (χ0) is 44.1. The number of esters is 1. The molecule has 11 atom stereocenters. The Kier molecular flexibility index (Phi) is 30.2. The van der Waals surface area contributed by atoms with Crippen molar-refractivity contribution in [1.29, 1.82) is 0 Å². The quantitative estimate of drug-likeness (QED) is 0.0310. The zero-order valence-corrected chi connectivity index (χ0v) is 37.8. The van der Waals surface area contributed by atoms with Crippen LogP contribution in [0.4, 0.5) is 0 Å². The van der Waals surface area contributed by atoms with Crippen LogP contribution in [0.25, 0.3) is 0 Å². The van der Waals surface area contributed by atoms with Crippen LogP contribution in [0.2, 0.25) is 0 Å². The highest BCUT2D eigenvalue weighted by Gasteiger charge is 2.47. The second kappa shape index (κ2) is 33.1. The average Bonchev–Trinajstić information content (AvgIpc) is 3.24. The third kappa shape index (κ3) is 21.3. The number of aliphatic hydroxyl groups excluding tert-OH is 6. The van der Waals surface area contributed by atoms with Crippen LogP contribution < -0.4 is 0 Å². The van der Waals surface area contributed by atoms with E-state index < -0.39 is 61.4 Å². The van der Waals surface area contributed by atoms with Gasteiger partial charge in [0.25, 0.3) is 0 Å². The Hall–Kier alpha value is -1.46. The normalized spacial score (nSPS) is 27.5. The first kappa shape index (κ1) is 54.7. The van der Waals surface area contributed by atoms with E-state index in [2.05, 4.69) is 13.8 Å². The number of hydrogen-bond acceptors (Lipinski definition) is 13. The van der Waals surface area contributed by atoms with E-state index >= 15 is 0 Å². The second-order valence-electron chi connectivity index (χ2n) is 17.4. The maximum atomic E-state index is 13.6. The first-order valence-electron chi connectivity index (χ1n) is 23.9. The van der Waals surface area contributed by atoms with Gasteiger partial charge in [-0.2, -0.15) is 0 Å². The van der Waals surface area contributed by atoms with Crippen LogP contribution in [-0.2, 0) is 33.3 Å². The molecule has 0 radical (unpaired) electrons. The average molecular weight is 862 g/mol. The van der Waals surface area contributed by atoms with Crippen molar-refractivity contribution in [1.82, 2.24) is 4.90 Å². The first-order valence-corrected chi connectivity index (χ1v) is 23.9. The van der Waals surface area contributed by atoms with Crippen LogP contribution in [0.1, 0.15) is 187 Å². The summed E-state index contributed by atoms with van der Waals surface area (Å²) in [7, 11) is 2.57. The third-order valence-corrected chi connectivity index (χ3v) is 12.3. The van der Waals surface area contributed by atoms with Crippen molar-refractivity contribution in [3.63, 3.8) is 0 Å². The summed E-state index contributed by atoms with van der Waals surface area (Å²) in [5.41, 5.74) is 0. The van der Waals surface area contributed by atoms with E-state index in [-0.39, 0.29) is 37.5 Å². The molecule has 14 nitrogen and oxygen atoms in total. The molecule has 0 aromatic rings. The summed E-state index contributed by atoms with van der Waals surface area (Å²) >= 11 is 0. The van der Waals surface area contributed by atoms with E-state index in [0.29, 0.717) is 12.8 Å². The highest BCUT2D eigenvalue weighted by atomic mass is 16.7. The van der Waals surface area contributed by atoms with Gasteiger partial charge in [0.2, 0.25) is 5.91 Å². The minimum atomic E-state index is -1.58. The van der Waals surface area contributed by atoms with Crippen LogP contribution in [0.5, 0.6) is 0 Å². The van der Waals surface area contributed by atoms with Gasteiger partial charge < -0.3 is 59.2 Å². The number of carbonyl (C=O) groups is 2. The lowest BCUT2D eigenvalue weighted by Gasteiger charge is -2.44. The third-order valence-electron chi connectivity index (χ3n) is 12.3. The molecule has 14 heteroatoms. The molecule has 1 amide bonds. The lowest BCUT2D eigenvalue weighted by molar-refractivity contribution is -0.298. The summed E-state index contributed by atoms with van der Waals surface area (Å²) in [6, 6.07) is 0. The van der Waals surface area contributed by atoms with Crippen molar-refractivity contribution in [3.8, 4) is 0 Å². The van der Waals surface area contributed by atoms with Gasteiger partial charge in [0.1, 0.15) is 54.9 Å². The lowest BCUT2D eigenvalue weighted by atomic mass is 9.96. The Morgan fingerprint density at radius 3 is 1.23 bits per heavy atom. The van der Waals surface area contributed by atoms with Gasteiger partial charge >= 0.3 is 5.97 Å². The fourth-order valence-corrected chi connectivity index (χ4v) is 8.34. The minimum absolute atomic E-state index is 0.0104. The number of amides is 1. The Balaban J connectivity index is 1.73.